The maximum atomic E-state index is 13.7. The third-order valence-corrected chi connectivity index (χ3v) is 7.22. The molecule has 3 amide bonds. The highest BCUT2D eigenvalue weighted by Crippen LogP contribution is 2.32. The molecular weight excluding hydrogens is 468 g/mol. The first-order valence-corrected chi connectivity index (χ1v) is 12.9. The molecule has 1 aromatic carbocycles. The normalized spacial score (nSPS) is 20.2. The van der Waals surface area contributed by atoms with Gasteiger partial charge in [0.1, 0.15) is 12.1 Å². The quantitative estimate of drug-likeness (QED) is 0.651. The van der Waals surface area contributed by atoms with Crippen LogP contribution in [0.2, 0.25) is 0 Å². The number of pyridine rings is 1. The number of amides is 3. The summed E-state index contributed by atoms with van der Waals surface area (Å²) in [4.78, 5) is 60.0. The van der Waals surface area contributed by atoms with Crippen LogP contribution in [0.4, 0.5) is 0 Å². The number of benzene rings is 1. The molecule has 196 valence electrons. The van der Waals surface area contributed by atoms with Crippen molar-refractivity contribution in [2.75, 3.05) is 13.1 Å². The summed E-state index contributed by atoms with van der Waals surface area (Å²) in [5, 5.41) is 2.93. The van der Waals surface area contributed by atoms with Gasteiger partial charge in [-0.3, -0.25) is 24.2 Å². The van der Waals surface area contributed by atoms with E-state index < -0.39 is 12.1 Å². The van der Waals surface area contributed by atoms with Gasteiger partial charge in [-0.2, -0.15) is 0 Å². The van der Waals surface area contributed by atoms with Crippen molar-refractivity contribution >= 4 is 23.5 Å². The average molecular weight is 505 g/mol. The van der Waals surface area contributed by atoms with Crippen molar-refractivity contribution in [3.8, 4) is 0 Å². The Kier molecular flexibility index (Phi) is 7.48. The number of carbonyl (C=O) groups excluding carboxylic acids is 4. The van der Waals surface area contributed by atoms with Crippen LogP contribution in [0, 0.1) is 5.92 Å². The first-order valence-electron chi connectivity index (χ1n) is 12.9. The van der Waals surface area contributed by atoms with Crippen LogP contribution in [0.25, 0.3) is 0 Å². The van der Waals surface area contributed by atoms with E-state index in [-0.39, 0.29) is 47.4 Å². The topological polar surface area (TPSA) is 99.7 Å². The van der Waals surface area contributed by atoms with Gasteiger partial charge in [-0.05, 0) is 54.0 Å². The predicted molar refractivity (Wildman–Crippen MR) is 140 cm³/mol. The lowest BCUT2D eigenvalue weighted by atomic mass is 9.86. The Morgan fingerprint density at radius 1 is 1.00 bits per heavy atom. The summed E-state index contributed by atoms with van der Waals surface area (Å²) in [5.74, 6) is -0.816. The molecule has 3 atom stereocenters. The highest BCUT2D eigenvalue weighted by molar-refractivity contribution is 6.03. The lowest BCUT2D eigenvalue weighted by Crippen LogP contribution is -2.53. The summed E-state index contributed by atoms with van der Waals surface area (Å²) >= 11 is 0. The number of likely N-dealkylation sites (tertiary alicyclic amines) is 2. The molecule has 1 N–H and O–H groups in total. The van der Waals surface area contributed by atoms with Crippen LogP contribution in [0.3, 0.4) is 0 Å². The standard InChI is InChI=1S/C29H36N4O4/c1-18(2)16-22(31-26(35)19-6-8-21(9-7-19)29(3,4)5)28(37)32-15-12-23-25(32)24(34)17-33(23)27(36)20-10-13-30-14-11-20/h6-11,13-14,18,22-23,25H,12,15-17H2,1-5H3,(H,31,35)/t22-,23?,25-/m0/s1. The number of nitrogens with one attached hydrogen (secondary N) is 1. The predicted octanol–water partition coefficient (Wildman–Crippen LogP) is 3.22. The van der Waals surface area contributed by atoms with Gasteiger partial charge in [0, 0.05) is 30.1 Å². The molecule has 4 rings (SSSR count). The van der Waals surface area contributed by atoms with E-state index in [1.165, 1.54) is 0 Å². The highest BCUT2D eigenvalue weighted by Gasteiger charge is 2.52. The minimum Gasteiger partial charge on any atom is -0.340 e. The van der Waals surface area contributed by atoms with E-state index >= 15 is 0 Å². The number of hydrogen-bond donors (Lipinski definition) is 1. The van der Waals surface area contributed by atoms with Gasteiger partial charge in [-0.15, -0.1) is 0 Å². The molecule has 0 aliphatic carbocycles. The number of aromatic nitrogens is 1. The maximum Gasteiger partial charge on any atom is 0.254 e. The molecule has 37 heavy (non-hydrogen) atoms. The molecule has 2 aromatic rings. The van der Waals surface area contributed by atoms with Gasteiger partial charge in [0.05, 0.1) is 12.6 Å². The Morgan fingerprint density at radius 3 is 2.24 bits per heavy atom. The molecule has 2 aliphatic rings. The minimum absolute atomic E-state index is 0.0262. The van der Waals surface area contributed by atoms with E-state index in [4.69, 9.17) is 0 Å². The highest BCUT2D eigenvalue weighted by atomic mass is 16.2. The van der Waals surface area contributed by atoms with Crippen molar-refractivity contribution in [2.45, 2.75) is 71.0 Å². The fraction of sp³-hybridized carbons (Fsp3) is 0.483. The fourth-order valence-electron chi connectivity index (χ4n) is 5.26. The van der Waals surface area contributed by atoms with E-state index in [1.54, 1.807) is 46.5 Å². The first kappa shape index (κ1) is 26.5. The number of carbonyl (C=O) groups is 4. The Bertz CT molecular complexity index is 1170. The lowest BCUT2D eigenvalue weighted by molar-refractivity contribution is -0.138. The van der Waals surface area contributed by atoms with Crippen molar-refractivity contribution in [3.05, 3.63) is 65.5 Å². The molecular formula is C29H36N4O4. The van der Waals surface area contributed by atoms with Gasteiger partial charge < -0.3 is 15.1 Å². The number of Topliss-reactive ketones (excluding diaryl/α,β-unsaturated/α-hetero) is 1. The van der Waals surface area contributed by atoms with Crippen molar-refractivity contribution in [3.63, 3.8) is 0 Å². The second-order valence-electron chi connectivity index (χ2n) is 11.5. The average Bonchev–Trinajstić information content (AvgIpc) is 3.44. The smallest absolute Gasteiger partial charge is 0.254 e. The zero-order valence-corrected chi connectivity index (χ0v) is 22.2. The minimum atomic E-state index is -0.758. The summed E-state index contributed by atoms with van der Waals surface area (Å²) in [6.45, 7) is 10.7. The third-order valence-electron chi connectivity index (χ3n) is 7.22. The summed E-state index contributed by atoms with van der Waals surface area (Å²) < 4.78 is 0. The van der Waals surface area contributed by atoms with Crippen LogP contribution in [-0.2, 0) is 15.0 Å². The van der Waals surface area contributed by atoms with Crippen molar-refractivity contribution in [1.29, 1.82) is 0 Å². The van der Waals surface area contributed by atoms with Crippen LogP contribution in [-0.4, -0.2) is 69.5 Å². The first-order chi connectivity index (χ1) is 17.5. The van der Waals surface area contributed by atoms with E-state index in [9.17, 15) is 19.2 Å². The van der Waals surface area contributed by atoms with E-state index in [2.05, 4.69) is 31.1 Å². The molecule has 1 aromatic heterocycles. The van der Waals surface area contributed by atoms with E-state index in [1.807, 2.05) is 26.0 Å². The largest absolute Gasteiger partial charge is 0.340 e. The second kappa shape index (κ2) is 10.4. The number of ketones is 1. The summed E-state index contributed by atoms with van der Waals surface area (Å²) in [6.07, 6.45) is 4.06. The molecule has 0 radical (unpaired) electrons. The molecule has 2 aliphatic heterocycles. The molecule has 2 saturated heterocycles. The van der Waals surface area contributed by atoms with Gasteiger partial charge in [-0.25, -0.2) is 0 Å². The van der Waals surface area contributed by atoms with Gasteiger partial charge in [-0.1, -0.05) is 46.8 Å². The van der Waals surface area contributed by atoms with Crippen LogP contribution < -0.4 is 5.32 Å². The summed E-state index contributed by atoms with van der Waals surface area (Å²) in [5.41, 5.74) is 2.04. The zero-order chi connectivity index (χ0) is 26.9. The number of fused-ring (bicyclic) bond motifs is 1. The van der Waals surface area contributed by atoms with Gasteiger partial charge in [0.25, 0.3) is 11.8 Å². The molecule has 2 fully saturated rings. The molecule has 0 spiro atoms. The number of hydrogen-bond acceptors (Lipinski definition) is 5. The molecule has 0 bridgehead atoms. The Labute approximate surface area is 218 Å². The summed E-state index contributed by atoms with van der Waals surface area (Å²) in [6, 6.07) is 8.87. The van der Waals surface area contributed by atoms with Crippen LogP contribution >= 0.6 is 0 Å². The van der Waals surface area contributed by atoms with Gasteiger partial charge in [0.2, 0.25) is 5.91 Å². The zero-order valence-electron chi connectivity index (χ0n) is 22.2. The lowest BCUT2D eigenvalue weighted by Gasteiger charge is -2.29. The Morgan fingerprint density at radius 2 is 1.65 bits per heavy atom. The maximum absolute atomic E-state index is 13.7. The van der Waals surface area contributed by atoms with Gasteiger partial charge >= 0.3 is 0 Å². The van der Waals surface area contributed by atoms with Gasteiger partial charge in [0.15, 0.2) is 5.78 Å². The molecule has 0 saturated carbocycles. The van der Waals surface area contributed by atoms with Crippen LogP contribution in [0.5, 0.6) is 0 Å². The summed E-state index contributed by atoms with van der Waals surface area (Å²) in [7, 11) is 0. The van der Waals surface area contributed by atoms with E-state index in [0.717, 1.165) is 5.56 Å². The number of rotatable bonds is 6. The molecule has 1 unspecified atom stereocenters. The molecule has 8 heteroatoms. The number of nitrogens with zero attached hydrogens (tertiary/aromatic N) is 3. The van der Waals surface area contributed by atoms with Crippen molar-refractivity contribution in [1.82, 2.24) is 20.1 Å². The Balaban J connectivity index is 1.50. The third kappa shape index (κ3) is 5.58. The monoisotopic (exact) mass is 504 g/mol. The SMILES string of the molecule is CC(C)C[C@H](NC(=O)c1ccc(C(C)(C)C)cc1)C(=O)N1CCC2[C@H]1C(=O)CN2C(=O)c1ccncc1. The Hall–Kier alpha value is -3.55. The van der Waals surface area contributed by atoms with Crippen LogP contribution in [0.15, 0.2) is 48.8 Å². The van der Waals surface area contributed by atoms with Crippen LogP contribution in [0.1, 0.15) is 73.7 Å². The van der Waals surface area contributed by atoms with Crippen molar-refractivity contribution < 1.29 is 19.2 Å². The molecule has 3 heterocycles. The molecule has 8 nitrogen and oxygen atoms in total. The van der Waals surface area contributed by atoms with E-state index in [0.29, 0.717) is 30.5 Å². The second-order valence-corrected chi connectivity index (χ2v) is 11.5. The van der Waals surface area contributed by atoms with Crippen molar-refractivity contribution in [2.24, 2.45) is 5.92 Å². The fourth-order valence-corrected chi connectivity index (χ4v) is 5.26.